The molecule has 0 aliphatic heterocycles. The van der Waals surface area contributed by atoms with Crippen LogP contribution in [-0.2, 0) is 4.74 Å². The predicted molar refractivity (Wildman–Crippen MR) is 90.1 cm³/mol. The Morgan fingerprint density at radius 2 is 1.82 bits per heavy atom. The number of hydrogen-bond donors (Lipinski definition) is 3. The molecule has 1 aromatic rings. The highest BCUT2D eigenvalue weighted by Crippen LogP contribution is 2.23. The van der Waals surface area contributed by atoms with Crippen molar-refractivity contribution in [1.82, 2.24) is 10.6 Å². The van der Waals surface area contributed by atoms with Crippen molar-refractivity contribution in [2.24, 2.45) is 0 Å². The lowest BCUT2D eigenvalue weighted by atomic mass is 10.2. The van der Waals surface area contributed by atoms with Gasteiger partial charge in [-0.1, -0.05) is 6.07 Å². The van der Waals surface area contributed by atoms with Crippen LogP contribution in [0.15, 0.2) is 22.7 Å². The lowest BCUT2D eigenvalue weighted by Gasteiger charge is -2.19. The SMILES string of the molecule is Cc1ccc(NC(=O)NCCNC(=O)OC(C)(C)C)c(Br)c1. The minimum Gasteiger partial charge on any atom is -0.444 e. The van der Waals surface area contributed by atoms with Crippen LogP contribution in [-0.4, -0.2) is 30.8 Å². The highest BCUT2D eigenvalue weighted by Gasteiger charge is 2.15. The maximum absolute atomic E-state index is 11.7. The quantitative estimate of drug-likeness (QED) is 0.709. The first kappa shape index (κ1) is 18.3. The molecule has 3 amide bonds. The summed E-state index contributed by atoms with van der Waals surface area (Å²) in [4.78, 5) is 23.1. The van der Waals surface area contributed by atoms with Crippen LogP contribution in [0.2, 0.25) is 0 Å². The average molecular weight is 372 g/mol. The number of halogens is 1. The summed E-state index contributed by atoms with van der Waals surface area (Å²) in [6, 6.07) is 5.30. The zero-order valence-corrected chi connectivity index (χ0v) is 14.8. The fourth-order valence-electron chi connectivity index (χ4n) is 1.54. The van der Waals surface area contributed by atoms with E-state index < -0.39 is 11.7 Å². The van der Waals surface area contributed by atoms with Gasteiger partial charge in [0.05, 0.1) is 5.69 Å². The van der Waals surface area contributed by atoms with Gasteiger partial charge in [-0.15, -0.1) is 0 Å². The zero-order valence-electron chi connectivity index (χ0n) is 13.2. The molecule has 0 saturated heterocycles. The van der Waals surface area contributed by atoms with Crippen LogP contribution in [0.3, 0.4) is 0 Å². The summed E-state index contributed by atoms with van der Waals surface area (Å²) in [5, 5.41) is 7.94. The molecule has 0 aromatic heterocycles. The average Bonchev–Trinajstić information content (AvgIpc) is 2.36. The molecule has 0 saturated carbocycles. The van der Waals surface area contributed by atoms with E-state index in [0.717, 1.165) is 10.0 Å². The van der Waals surface area contributed by atoms with E-state index in [1.165, 1.54) is 0 Å². The van der Waals surface area contributed by atoms with E-state index in [1.54, 1.807) is 20.8 Å². The predicted octanol–water partition coefficient (Wildman–Crippen LogP) is 3.40. The number of carbonyl (C=O) groups is 2. The molecular formula is C15H22BrN3O3. The van der Waals surface area contributed by atoms with Gasteiger partial charge in [-0.25, -0.2) is 9.59 Å². The highest BCUT2D eigenvalue weighted by atomic mass is 79.9. The molecule has 0 bridgehead atoms. The molecule has 3 N–H and O–H groups in total. The maximum atomic E-state index is 11.7. The van der Waals surface area contributed by atoms with Crippen LogP contribution >= 0.6 is 15.9 Å². The smallest absolute Gasteiger partial charge is 0.407 e. The first-order chi connectivity index (χ1) is 10.2. The molecule has 0 aliphatic rings. The molecule has 122 valence electrons. The number of amides is 3. The molecule has 0 fully saturated rings. The second-order valence-electron chi connectivity index (χ2n) is 5.79. The molecular weight excluding hydrogens is 350 g/mol. The molecule has 1 rings (SSSR count). The Bertz CT molecular complexity index is 541. The molecule has 0 radical (unpaired) electrons. The minimum absolute atomic E-state index is 0.289. The Hall–Kier alpha value is -1.76. The summed E-state index contributed by atoms with van der Waals surface area (Å²) in [7, 11) is 0. The summed E-state index contributed by atoms with van der Waals surface area (Å²) in [5.41, 5.74) is 1.25. The zero-order chi connectivity index (χ0) is 16.8. The van der Waals surface area contributed by atoms with Crippen molar-refractivity contribution in [2.45, 2.75) is 33.3 Å². The number of urea groups is 1. The summed E-state index contributed by atoms with van der Waals surface area (Å²) in [6.45, 7) is 7.93. The van der Waals surface area contributed by atoms with Crippen LogP contribution in [0.1, 0.15) is 26.3 Å². The van der Waals surface area contributed by atoms with Crippen molar-refractivity contribution in [3.8, 4) is 0 Å². The summed E-state index contributed by atoms with van der Waals surface area (Å²) in [6.07, 6.45) is -0.504. The van der Waals surface area contributed by atoms with Crippen LogP contribution < -0.4 is 16.0 Å². The molecule has 1 aromatic carbocycles. The van der Waals surface area contributed by atoms with Crippen LogP contribution in [0.4, 0.5) is 15.3 Å². The summed E-state index contributed by atoms with van der Waals surface area (Å²) < 4.78 is 5.90. The number of hydrogen-bond acceptors (Lipinski definition) is 3. The fraction of sp³-hybridized carbons (Fsp3) is 0.467. The Balaban J connectivity index is 2.28. The Labute approximate surface area is 139 Å². The summed E-state index contributed by atoms with van der Waals surface area (Å²) >= 11 is 3.39. The van der Waals surface area contributed by atoms with Gasteiger partial charge in [-0.05, 0) is 61.3 Å². The molecule has 7 heteroatoms. The lowest BCUT2D eigenvalue weighted by molar-refractivity contribution is 0.0528. The van der Waals surface area contributed by atoms with E-state index >= 15 is 0 Å². The molecule has 0 spiro atoms. The van der Waals surface area contributed by atoms with E-state index in [1.807, 2.05) is 25.1 Å². The standard InChI is InChI=1S/C15H22BrN3O3/c1-10-5-6-12(11(16)9-10)19-13(20)17-7-8-18-14(21)22-15(2,3)4/h5-6,9H,7-8H2,1-4H3,(H,18,21)(H2,17,19,20). The molecule has 6 nitrogen and oxygen atoms in total. The topological polar surface area (TPSA) is 79.5 Å². The first-order valence-electron chi connectivity index (χ1n) is 6.95. The first-order valence-corrected chi connectivity index (χ1v) is 7.74. The van der Waals surface area contributed by atoms with Crippen LogP contribution in [0, 0.1) is 6.92 Å². The van der Waals surface area contributed by atoms with Crippen LogP contribution in [0.5, 0.6) is 0 Å². The fourth-order valence-corrected chi connectivity index (χ4v) is 2.14. The van der Waals surface area contributed by atoms with E-state index in [2.05, 4.69) is 31.9 Å². The maximum Gasteiger partial charge on any atom is 0.407 e. The van der Waals surface area contributed by atoms with Gasteiger partial charge < -0.3 is 20.7 Å². The van der Waals surface area contributed by atoms with Gasteiger partial charge in [-0.2, -0.15) is 0 Å². The third kappa shape index (κ3) is 7.31. The molecule has 22 heavy (non-hydrogen) atoms. The number of ether oxygens (including phenoxy) is 1. The van der Waals surface area contributed by atoms with Crippen molar-refractivity contribution in [3.05, 3.63) is 28.2 Å². The third-order valence-corrected chi connectivity index (χ3v) is 3.11. The van der Waals surface area contributed by atoms with Gasteiger partial charge in [-0.3, -0.25) is 0 Å². The number of alkyl carbamates (subject to hydrolysis) is 1. The Morgan fingerprint density at radius 1 is 1.18 bits per heavy atom. The van der Waals surface area contributed by atoms with E-state index in [-0.39, 0.29) is 12.6 Å². The number of anilines is 1. The van der Waals surface area contributed by atoms with Gasteiger partial charge >= 0.3 is 12.1 Å². The molecule has 0 heterocycles. The largest absolute Gasteiger partial charge is 0.444 e. The second kappa shape index (κ2) is 8.03. The van der Waals surface area contributed by atoms with E-state index in [0.29, 0.717) is 12.2 Å². The normalized spacial score (nSPS) is 10.8. The van der Waals surface area contributed by atoms with E-state index in [4.69, 9.17) is 4.74 Å². The molecule has 0 aliphatic carbocycles. The van der Waals surface area contributed by atoms with Crippen molar-refractivity contribution in [1.29, 1.82) is 0 Å². The number of rotatable bonds is 4. The lowest BCUT2D eigenvalue weighted by Crippen LogP contribution is -2.39. The van der Waals surface area contributed by atoms with E-state index in [9.17, 15) is 9.59 Å². The number of aryl methyl sites for hydroxylation is 1. The van der Waals surface area contributed by atoms with Crippen molar-refractivity contribution in [3.63, 3.8) is 0 Å². The second-order valence-corrected chi connectivity index (χ2v) is 6.65. The van der Waals surface area contributed by atoms with Gasteiger partial charge in [0.1, 0.15) is 5.60 Å². The van der Waals surface area contributed by atoms with Crippen molar-refractivity contribution in [2.75, 3.05) is 18.4 Å². The van der Waals surface area contributed by atoms with Crippen LogP contribution in [0.25, 0.3) is 0 Å². The minimum atomic E-state index is -0.535. The molecule has 0 atom stereocenters. The number of benzene rings is 1. The Morgan fingerprint density at radius 3 is 2.41 bits per heavy atom. The summed E-state index contributed by atoms with van der Waals surface area (Å²) in [5.74, 6) is 0. The number of carbonyl (C=O) groups excluding carboxylic acids is 2. The highest BCUT2D eigenvalue weighted by molar-refractivity contribution is 9.10. The van der Waals surface area contributed by atoms with Gasteiger partial charge in [0.15, 0.2) is 0 Å². The Kier molecular flexibility index (Phi) is 6.67. The molecule has 0 unspecified atom stereocenters. The van der Waals surface area contributed by atoms with Gasteiger partial charge in [0.25, 0.3) is 0 Å². The van der Waals surface area contributed by atoms with Gasteiger partial charge in [0.2, 0.25) is 0 Å². The third-order valence-electron chi connectivity index (χ3n) is 2.45. The monoisotopic (exact) mass is 371 g/mol. The van der Waals surface area contributed by atoms with Crippen molar-refractivity contribution >= 4 is 33.7 Å². The number of nitrogens with one attached hydrogen (secondary N) is 3. The van der Waals surface area contributed by atoms with Crippen molar-refractivity contribution < 1.29 is 14.3 Å². The van der Waals surface area contributed by atoms with Gasteiger partial charge in [0, 0.05) is 17.6 Å².